The van der Waals surface area contributed by atoms with Crippen molar-refractivity contribution in [1.82, 2.24) is 14.8 Å². The van der Waals surface area contributed by atoms with E-state index in [1.165, 1.54) is 0 Å². The van der Waals surface area contributed by atoms with Crippen LogP contribution in [0, 0.1) is 6.92 Å². The monoisotopic (exact) mass is 217 g/mol. The molecule has 0 saturated carbocycles. The first-order valence-corrected chi connectivity index (χ1v) is 5.30. The molecular weight excluding hydrogens is 202 g/mol. The van der Waals surface area contributed by atoms with Gasteiger partial charge in [-0.1, -0.05) is 0 Å². The predicted octanol–water partition coefficient (Wildman–Crippen LogP) is 2.19. The predicted molar refractivity (Wildman–Crippen MR) is 62.3 cm³/mol. The molecule has 16 heavy (non-hydrogen) atoms. The Hall–Kier alpha value is -1.84. The second-order valence-corrected chi connectivity index (χ2v) is 3.65. The maximum atomic E-state index is 5.40. The summed E-state index contributed by atoms with van der Waals surface area (Å²) in [5, 5.41) is 4.33. The summed E-state index contributed by atoms with van der Waals surface area (Å²) in [6, 6.07) is 4.01. The maximum Gasteiger partial charge on any atom is 0.216 e. The molecule has 0 spiro atoms. The van der Waals surface area contributed by atoms with Crippen LogP contribution in [0.15, 0.2) is 24.5 Å². The molecule has 0 aliphatic carbocycles. The summed E-state index contributed by atoms with van der Waals surface area (Å²) in [5.41, 5.74) is 2.98. The van der Waals surface area contributed by atoms with Crippen LogP contribution in [0.3, 0.4) is 0 Å². The van der Waals surface area contributed by atoms with Gasteiger partial charge in [-0.2, -0.15) is 5.10 Å². The lowest BCUT2D eigenvalue weighted by molar-refractivity contribution is 0.324. The molecule has 0 N–H and O–H groups in total. The third-order valence-corrected chi connectivity index (χ3v) is 2.32. The van der Waals surface area contributed by atoms with Crippen LogP contribution in [0.5, 0.6) is 5.88 Å². The van der Waals surface area contributed by atoms with Crippen molar-refractivity contribution in [3.8, 4) is 17.1 Å². The van der Waals surface area contributed by atoms with Gasteiger partial charge in [0.25, 0.3) is 0 Å². The summed E-state index contributed by atoms with van der Waals surface area (Å²) < 4.78 is 7.17. The Labute approximate surface area is 94.9 Å². The zero-order valence-electron chi connectivity index (χ0n) is 9.77. The Balaban J connectivity index is 2.34. The van der Waals surface area contributed by atoms with Crippen LogP contribution in [0.1, 0.15) is 12.5 Å². The van der Waals surface area contributed by atoms with Crippen molar-refractivity contribution >= 4 is 0 Å². The van der Waals surface area contributed by atoms with Gasteiger partial charge in [-0.15, -0.1) is 0 Å². The second-order valence-electron chi connectivity index (χ2n) is 3.65. The standard InChI is InChI=1S/C12H15N3O/c1-4-16-12-9(2)7-10(8-13-12)11-5-6-15(3)14-11/h5-8H,4H2,1-3H3. The molecular formula is C12H15N3O. The summed E-state index contributed by atoms with van der Waals surface area (Å²) in [4.78, 5) is 4.28. The molecule has 2 aromatic rings. The second kappa shape index (κ2) is 4.35. The number of rotatable bonds is 3. The minimum Gasteiger partial charge on any atom is -0.478 e. The molecule has 0 aliphatic rings. The van der Waals surface area contributed by atoms with Crippen LogP contribution in [0.25, 0.3) is 11.3 Å². The first-order valence-electron chi connectivity index (χ1n) is 5.30. The van der Waals surface area contributed by atoms with Crippen molar-refractivity contribution < 1.29 is 4.74 Å². The van der Waals surface area contributed by atoms with Crippen LogP contribution in [-0.2, 0) is 7.05 Å². The van der Waals surface area contributed by atoms with Gasteiger partial charge in [0.1, 0.15) is 0 Å². The molecule has 0 aliphatic heterocycles. The molecule has 0 amide bonds. The summed E-state index contributed by atoms with van der Waals surface area (Å²) in [6.45, 7) is 4.58. The fourth-order valence-corrected chi connectivity index (χ4v) is 1.56. The maximum absolute atomic E-state index is 5.40. The highest BCUT2D eigenvalue weighted by atomic mass is 16.5. The van der Waals surface area contributed by atoms with Gasteiger partial charge in [0, 0.05) is 30.6 Å². The zero-order chi connectivity index (χ0) is 11.5. The Bertz CT molecular complexity index is 491. The largest absolute Gasteiger partial charge is 0.478 e. The average molecular weight is 217 g/mol. The fourth-order valence-electron chi connectivity index (χ4n) is 1.56. The van der Waals surface area contributed by atoms with E-state index in [9.17, 15) is 0 Å². The highest BCUT2D eigenvalue weighted by Crippen LogP contribution is 2.22. The molecule has 4 heteroatoms. The van der Waals surface area contributed by atoms with E-state index in [1.807, 2.05) is 39.2 Å². The van der Waals surface area contributed by atoms with Gasteiger partial charge in [0.2, 0.25) is 5.88 Å². The lowest BCUT2D eigenvalue weighted by Gasteiger charge is -2.06. The Kier molecular flexibility index (Phi) is 2.90. The van der Waals surface area contributed by atoms with Crippen molar-refractivity contribution in [2.24, 2.45) is 7.05 Å². The number of hydrogen-bond acceptors (Lipinski definition) is 3. The molecule has 2 aromatic heterocycles. The number of aryl methyl sites for hydroxylation is 2. The van der Waals surface area contributed by atoms with E-state index >= 15 is 0 Å². The van der Waals surface area contributed by atoms with E-state index in [0.717, 1.165) is 16.8 Å². The zero-order valence-corrected chi connectivity index (χ0v) is 9.77. The van der Waals surface area contributed by atoms with Gasteiger partial charge < -0.3 is 4.74 Å². The molecule has 0 aromatic carbocycles. The van der Waals surface area contributed by atoms with Crippen LogP contribution < -0.4 is 4.74 Å². The average Bonchev–Trinajstić information content (AvgIpc) is 2.68. The molecule has 2 heterocycles. The Morgan fingerprint density at radius 3 is 2.81 bits per heavy atom. The summed E-state index contributed by atoms with van der Waals surface area (Å²) in [5.74, 6) is 0.696. The van der Waals surface area contributed by atoms with E-state index in [2.05, 4.69) is 10.1 Å². The highest BCUT2D eigenvalue weighted by Gasteiger charge is 2.06. The summed E-state index contributed by atoms with van der Waals surface area (Å²) >= 11 is 0. The molecule has 84 valence electrons. The van der Waals surface area contributed by atoms with E-state index in [1.54, 1.807) is 10.9 Å². The first-order chi connectivity index (χ1) is 7.70. The van der Waals surface area contributed by atoms with Gasteiger partial charge >= 0.3 is 0 Å². The quantitative estimate of drug-likeness (QED) is 0.791. The molecule has 4 nitrogen and oxygen atoms in total. The minimum absolute atomic E-state index is 0.636. The molecule has 0 radical (unpaired) electrons. The topological polar surface area (TPSA) is 39.9 Å². The first kappa shape index (κ1) is 10.7. The lowest BCUT2D eigenvalue weighted by atomic mass is 10.1. The van der Waals surface area contributed by atoms with Crippen LogP contribution in [0.2, 0.25) is 0 Å². The van der Waals surface area contributed by atoms with E-state index < -0.39 is 0 Å². The van der Waals surface area contributed by atoms with E-state index in [0.29, 0.717) is 12.5 Å². The van der Waals surface area contributed by atoms with Crippen molar-refractivity contribution in [2.75, 3.05) is 6.61 Å². The van der Waals surface area contributed by atoms with Crippen molar-refractivity contribution in [2.45, 2.75) is 13.8 Å². The SMILES string of the molecule is CCOc1ncc(-c2ccn(C)n2)cc1C. The van der Waals surface area contributed by atoms with Crippen LogP contribution in [-0.4, -0.2) is 21.4 Å². The molecule has 0 atom stereocenters. The Morgan fingerprint density at radius 1 is 1.44 bits per heavy atom. The number of aromatic nitrogens is 3. The normalized spacial score (nSPS) is 10.4. The van der Waals surface area contributed by atoms with Gasteiger partial charge in [-0.3, -0.25) is 4.68 Å². The van der Waals surface area contributed by atoms with Crippen molar-refractivity contribution in [3.63, 3.8) is 0 Å². The van der Waals surface area contributed by atoms with E-state index in [-0.39, 0.29) is 0 Å². The number of nitrogens with zero attached hydrogens (tertiary/aromatic N) is 3. The van der Waals surface area contributed by atoms with E-state index in [4.69, 9.17) is 4.74 Å². The Morgan fingerprint density at radius 2 is 2.25 bits per heavy atom. The van der Waals surface area contributed by atoms with Gasteiger partial charge in [-0.05, 0) is 26.0 Å². The third kappa shape index (κ3) is 2.05. The summed E-state index contributed by atoms with van der Waals surface area (Å²) in [7, 11) is 1.90. The molecule has 0 fully saturated rings. The molecule has 0 saturated heterocycles. The van der Waals surface area contributed by atoms with Gasteiger partial charge in [0.15, 0.2) is 0 Å². The van der Waals surface area contributed by atoms with Gasteiger partial charge in [-0.25, -0.2) is 4.98 Å². The third-order valence-electron chi connectivity index (χ3n) is 2.32. The number of hydrogen-bond donors (Lipinski definition) is 0. The van der Waals surface area contributed by atoms with Crippen molar-refractivity contribution in [3.05, 3.63) is 30.1 Å². The summed E-state index contributed by atoms with van der Waals surface area (Å²) in [6.07, 6.45) is 3.71. The highest BCUT2D eigenvalue weighted by molar-refractivity contribution is 5.59. The molecule has 0 unspecified atom stereocenters. The smallest absolute Gasteiger partial charge is 0.216 e. The fraction of sp³-hybridized carbons (Fsp3) is 0.333. The minimum atomic E-state index is 0.636. The number of pyridine rings is 1. The molecule has 2 rings (SSSR count). The van der Waals surface area contributed by atoms with Crippen LogP contribution >= 0.6 is 0 Å². The van der Waals surface area contributed by atoms with Crippen LogP contribution in [0.4, 0.5) is 0 Å². The van der Waals surface area contributed by atoms with Crippen molar-refractivity contribution in [1.29, 1.82) is 0 Å². The van der Waals surface area contributed by atoms with Gasteiger partial charge in [0.05, 0.1) is 12.3 Å². The molecule has 0 bridgehead atoms. The number of ether oxygens (including phenoxy) is 1. The lowest BCUT2D eigenvalue weighted by Crippen LogP contribution is -1.97.